The van der Waals surface area contributed by atoms with Crippen molar-refractivity contribution in [3.63, 3.8) is 0 Å². The van der Waals surface area contributed by atoms with Crippen LogP contribution in [0.4, 0.5) is 0 Å². The molecular formula is C15H19NO3. The van der Waals surface area contributed by atoms with E-state index >= 15 is 0 Å². The van der Waals surface area contributed by atoms with Crippen molar-refractivity contribution in [2.24, 2.45) is 5.92 Å². The molecule has 102 valence electrons. The molecule has 0 unspecified atom stereocenters. The molecule has 19 heavy (non-hydrogen) atoms. The fourth-order valence-electron chi connectivity index (χ4n) is 2.49. The van der Waals surface area contributed by atoms with E-state index in [4.69, 9.17) is 9.84 Å². The summed E-state index contributed by atoms with van der Waals surface area (Å²) in [5.74, 6) is 0.207. The van der Waals surface area contributed by atoms with Crippen LogP contribution in [0.2, 0.25) is 0 Å². The van der Waals surface area contributed by atoms with Crippen molar-refractivity contribution in [2.45, 2.75) is 12.8 Å². The van der Waals surface area contributed by atoms with Crippen molar-refractivity contribution in [1.82, 2.24) is 5.32 Å². The second kappa shape index (κ2) is 6.38. The number of hydrogen-bond donors (Lipinski definition) is 2. The van der Waals surface area contributed by atoms with Gasteiger partial charge in [-0.25, -0.2) is 4.79 Å². The molecule has 1 aliphatic rings. The lowest BCUT2D eigenvalue weighted by Crippen LogP contribution is -2.28. The number of rotatable bonds is 4. The van der Waals surface area contributed by atoms with Gasteiger partial charge in [0.1, 0.15) is 5.75 Å². The summed E-state index contributed by atoms with van der Waals surface area (Å²) < 4.78 is 5.13. The minimum atomic E-state index is -0.885. The quantitative estimate of drug-likeness (QED) is 0.815. The van der Waals surface area contributed by atoms with Crippen LogP contribution in [0.1, 0.15) is 18.4 Å². The molecule has 0 atom stereocenters. The maximum absolute atomic E-state index is 11.0. The number of carbonyl (C=O) groups is 1. The van der Waals surface area contributed by atoms with Crippen LogP contribution >= 0.6 is 0 Å². The summed E-state index contributed by atoms with van der Waals surface area (Å²) in [7, 11) is 1.62. The summed E-state index contributed by atoms with van der Waals surface area (Å²) in [6, 6.07) is 7.59. The highest BCUT2D eigenvalue weighted by molar-refractivity contribution is 5.90. The molecule has 0 radical (unpaired) electrons. The Labute approximate surface area is 113 Å². The van der Waals surface area contributed by atoms with E-state index in [1.807, 2.05) is 24.3 Å². The first-order chi connectivity index (χ1) is 9.20. The summed E-state index contributed by atoms with van der Waals surface area (Å²) in [6.45, 7) is 1.88. The summed E-state index contributed by atoms with van der Waals surface area (Å²) in [5, 5.41) is 12.4. The van der Waals surface area contributed by atoms with Gasteiger partial charge in [0.2, 0.25) is 0 Å². The first-order valence-corrected chi connectivity index (χ1v) is 6.50. The van der Waals surface area contributed by atoms with E-state index in [1.54, 1.807) is 7.11 Å². The van der Waals surface area contributed by atoms with Gasteiger partial charge in [0.25, 0.3) is 0 Å². The van der Waals surface area contributed by atoms with E-state index in [1.165, 1.54) is 6.08 Å². The number of ether oxygens (including phenoxy) is 1. The molecule has 4 nitrogen and oxygen atoms in total. The molecule has 4 heteroatoms. The Hall–Kier alpha value is -1.81. The SMILES string of the molecule is COc1ccc(/C(=C/C(=O)O)C2CCNCC2)cc1. The Morgan fingerprint density at radius 3 is 2.47 bits per heavy atom. The van der Waals surface area contributed by atoms with Crippen molar-refractivity contribution in [1.29, 1.82) is 0 Å². The average molecular weight is 261 g/mol. The van der Waals surface area contributed by atoms with Crippen LogP contribution in [0.3, 0.4) is 0 Å². The molecular weight excluding hydrogens is 242 g/mol. The lowest BCUT2D eigenvalue weighted by Gasteiger charge is -2.25. The van der Waals surface area contributed by atoms with Crippen molar-refractivity contribution in [2.75, 3.05) is 20.2 Å². The van der Waals surface area contributed by atoms with Crippen molar-refractivity contribution in [3.05, 3.63) is 35.9 Å². The Bertz CT molecular complexity index is 459. The van der Waals surface area contributed by atoms with Crippen molar-refractivity contribution < 1.29 is 14.6 Å². The highest BCUT2D eigenvalue weighted by Crippen LogP contribution is 2.30. The molecule has 0 amide bonds. The van der Waals surface area contributed by atoms with Crippen LogP contribution < -0.4 is 10.1 Å². The summed E-state index contributed by atoms with van der Waals surface area (Å²) >= 11 is 0. The number of nitrogens with one attached hydrogen (secondary N) is 1. The number of benzene rings is 1. The number of piperidine rings is 1. The molecule has 1 aromatic carbocycles. The van der Waals surface area contributed by atoms with Gasteiger partial charge in [-0.05, 0) is 55.1 Å². The van der Waals surface area contributed by atoms with Crippen LogP contribution in [0.5, 0.6) is 5.75 Å². The maximum atomic E-state index is 11.0. The van der Waals surface area contributed by atoms with Gasteiger partial charge in [0.15, 0.2) is 0 Å². The number of methoxy groups -OCH3 is 1. The molecule has 0 aromatic heterocycles. The molecule has 0 bridgehead atoms. The average Bonchev–Trinajstić information content (AvgIpc) is 2.46. The first-order valence-electron chi connectivity index (χ1n) is 6.50. The van der Waals surface area contributed by atoms with Crippen LogP contribution in [0.25, 0.3) is 5.57 Å². The van der Waals surface area contributed by atoms with Gasteiger partial charge < -0.3 is 15.2 Å². The van der Waals surface area contributed by atoms with Crippen molar-refractivity contribution in [3.8, 4) is 5.75 Å². The maximum Gasteiger partial charge on any atom is 0.328 e. The number of carboxylic acids is 1. The zero-order valence-corrected chi connectivity index (χ0v) is 11.1. The highest BCUT2D eigenvalue weighted by atomic mass is 16.5. The summed E-state index contributed by atoms with van der Waals surface area (Å²) in [5.41, 5.74) is 1.88. The number of hydrogen-bond acceptors (Lipinski definition) is 3. The molecule has 0 saturated carbocycles. The first kappa shape index (κ1) is 13.6. The third-order valence-electron chi connectivity index (χ3n) is 3.48. The zero-order chi connectivity index (χ0) is 13.7. The van der Waals surface area contributed by atoms with Gasteiger partial charge in [-0.1, -0.05) is 12.1 Å². The molecule has 1 aromatic rings. The van der Waals surface area contributed by atoms with Gasteiger partial charge >= 0.3 is 5.97 Å². The standard InChI is InChI=1S/C15H19NO3/c1-19-13-4-2-11(3-5-13)14(10-15(17)18)12-6-8-16-9-7-12/h2-5,10,12,16H,6-9H2,1H3,(H,17,18)/b14-10-. The Balaban J connectivity index is 2.28. The van der Waals surface area contributed by atoms with E-state index in [2.05, 4.69) is 5.32 Å². The normalized spacial score (nSPS) is 17.2. The van der Waals surface area contributed by atoms with E-state index in [-0.39, 0.29) is 0 Å². The Morgan fingerprint density at radius 1 is 1.32 bits per heavy atom. The van der Waals surface area contributed by atoms with Gasteiger partial charge in [-0.2, -0.15) is 0 Å². The van der Waals surface area contributed by atoms with E-state index in [0.717, 1.165) is 42.8 Å². The Kier molecular flexibility index (Phi) is 4.58. The van der Waals surface area contributed by atoms with Crippen LogP contribution in [0.15, 0.2) is 30.3 Å². The smallest absolute Gasteiger partial charge is 0.328 e. The zero-order valence-electron chi connectivity index (χ0n) is 11.1. The van der Waals surface area contributed by atoms with E-state index < -0.39 is 5.97 Å². The molecule has 1 aliphatic heterocycles. The topological polar surface area (TPSA) is 58.6 Å². The molecule has 0 spiro atoms. The lowest BCUT2D eigenvalue weighted by atomic mass is 9.85. The Morgan fingerprint density at radius 2 is 1.95 bits per heavy atom. The fraction of sp³-hybridized carbons (Fsp3) is 0.400. The van der Waals surface area contributed by atoms with Crippen LogP contribution in [-0.2, 0) is 4.79 Å². The number of allylic oxidation sites excluding steroid dienone is 1. The molecule has 2 N–H and O–H groups in total. The van der Waals surface area contributed by atoms with Crippen LogP contribution in [0, 0.1) is 5.92 Å². The number of carboxylic acid groups (broad SMARTS) is 1. The molecule has 1 heterocycles. The third-order valence-corrected chi connectivity index (χ3v) is 3.48. The molecule has 1 saturated heterocycles. The fourth-order valence-corrected chi connectivity index (χ4v) is 2.49. The lowest BCUT2D eigenvalue weighted by molar-refractivity contribution is -0.131. The van der Waals surface area contributed by atoms with Gasteiger partial charge in [-0.3, -0.25) is 0 Å². The van der Waals surface area contributed by atoms with E-state index in [9.17, 15) is 4.79 Å². The minimum absolute atomic E-state index is 0.311. The van der Waals surface area contributed by atoms with Gasteiger partial charge in [0.05, 0.1) is 7.11 Å². The minimum Gasteiger partial charge on any atom is -0.497 e. The monoisotopic (exact) mass is 261 g/mol. The van der Waals surface area contributed by atoms with Gasteiger partial charge in [0, 0.05) is 6.08 Å². The predicted octanol–water partition coefficient (Wildman–Crippen LogP) is 2.16. The van der Waals surface area contributed by atoms with Crippen LogP contribution in [-0.4, -0.2) is 31.3 Å². The second-order valence-electron chi connectivity index (χ2n) is 4.69. The highest BCUT2D eigenvalue weighted by Gasteiger charge is 2.19. The number of aliphatic carboxylic acids is 1. The predicted molar refractivity (Wildman–Crippen MR) is 74.2 cm³/mol. The van der Waals surface area contributed by atoms with Gasteiger partial charge in [-0.15, -0.1) is 0 Å². The molecule has 0 aliphatic carbocycles. The summed E-state index contributed by atoms with van der Waals surface area (Å²) in [6.07, 6.45) is 3.30. The third kappa shape index (κ3) is 3.58. The van der Waals surface area contributed by atoms with E-state index in [0.29, 0.717) is 5.92 Å². The molecule has 2 rings (SSSR count). The van der Waals surface area contributed by atoms with Crippen molar-refractivity contribution >= 4 is 11.5 Å². The molecule has 1 fully saturated rings. The summed E-state index contributed by atoms with van der Waals surface area (Å²) in [4.78, 5) is 11.0. The largest absolute Gasteiger partial charge is 0.497 e. The second-order valence-corrected chi connectivity index (χ2v) is 4.69.